The number of hydrogen-bond donors (Lipinski definition) is 3. The topological polar surface area (TPSA) is 92.4 Å². The molecule has 0 saturated heterocycles. The zero-order chi connectivity index (χ0) is 13.5. The first kappa shape index (κ1) is 14.2. The van der Waals surface area contributed by atoms with Crippen molar-refractivity contribution in [2.75, 3.05) is 0 Å². The Balaban J connectivity index is 2.42. The average Bonchev–Trinajstić information content (AvgIpc) is 2.29. The van der Waals surface area contributed by atoms with Crippen LogP contribution in [0.3, 0.4) is 0 Å². The van der Waals surface area contributed by atoms with Gasteiger partial charge in [0.2, 0.25) is 5.91 Å². The van der Waals surface area contributed by atoms with Gasteiger partial charge < -0.3 is 16.2 Å². The molecule has 0 fully saturated rings. The van der Waals surface area contributed by atoms with Crippen LogP contribution in [-0.4, -0.2) is 29.1 Å². The molecule has 1 amide bonds. The van der Waals surface area contributed by atoms with Crippen LogP contribution in [0, 0.1) is 0 Å². The number of hydrogen-bond acceptors (Lipinski definition) is 3. The molecule has 0 spiro atoms. The Labute approximate surface area is 106 Å². The highest BCUT2D eigenvalue weighted by molar-refractivity contribution is 5.86. The fourth-order valence-corrected chi connectivity index (χ4v) is 1.65. The quantitative estimate of drug-likeness (QED) is 0.687. The van der Waals surface area contributed by atoms with Gasteiger partial charge in [0.05, 0.1) is 12.5 Å². The second kappa shape index (κ2) is 6.76. The molecule has 0 aliphatic rings. The van der Waals surface area contributed by atoms with Crippen LogP contribution in [0.5, 0.6) is 0 Å². The van der Waals surface area contributed by atoms with Gasteiger partial charge in [-0.15, -0.1) is 0 Å². The number of carboxylic acid groups (broad SMARTS) is 1. The maximum absolute atomic E-state index is 11.6. The summed E-state index contributed by atoms with van der Waals surface area (Å²) in [6.45, 7) is 1.86. The van der Waals surface area contributed by atoms with E-state index >= 15 is 0 Å². The molecule has 98 valence electrons. The lowest BCUT2D eigenvalue weighted by Crippen LogP contribution is -2.46. The molecule has 5 nitrogen and oxygen atoms in total. The molecule has 0 heterocycles. The van der Waals surface area contributed by atoms with Gasteiger partial charge in [0.1, 0.15) is 0 Å². The fraction of sp³-hybridized carbons (Fsp3) is 0.385. The Morgan fingerprint density at radius 2 is 1.94 bits per heavy atom. The Kier molecular flexibility index (Phi) is 5.32. The van der Waals surface area contributed by atoms with Crippen LogP contribution in [0.25, 0.3) is 0 Å². The Hall–Kier alpha value is -1.88. The molecule has 1 aromatic rings. The third-order valence-corrected chi connectivity index (χ3v) is 2.50. The van der Waals surface area contributed by atoms with Crippen LogP contribution < -0.4 is 11.1 Å². The highest BCUT2D eigenvalue weighted by atomic mass is 16.4. The second-order valence-electron chi connectivity index (χ2n) is 4.30. The molecule has 0 aliphatic heterocycles. The van der Waals surface area contributed by atoms with Gasteiger partial charge in [0, 0.05) is 6.04 Å². The molecule has 0 bridgehead atoms. The highest BCUT2D eigenvalue weighted by Gasteiger charge is 2.18. The van der Waals surface area contributed by atoms with Crippen LogP contribution in [0.15, 0.2) is 30.3 Å². The molecule has 0 radical (unpaired) electrons. The van der Waals surface area contributed by atoms with Gasteiger partial charge >= 0.3 is 5.97 Å². The van der Waals surface area contributed by atoms with Gasteiger partial charge in [-0.1, -0.05) is 30.3 Å². The predicted octanol–water partition coefficient (Wildman–Crippen LogP) is 0.536. The summed E-state index contributed by atoms with van der Waals surface area (Å²) in [5.74, 6) is -1.51. The first-order valence-corrected chi connectivity index (χ1v) is 5.80. The molecule has 0 saturated carbocycles. The summed E-state index contributed by atoms with van der Waals surface area (Å²) in [7, 11) is 0. The van der Waals surface area contributed by atoms with Crippen LogP contribution >= 0.6 is 0 Å². The van der Waals surface area contributed by atoms with E-state index in [9.17, 15) is 9.59 Å². The normalized spacial score (nSPS) is 13.7. The van der Waals surface area contributed by atoms with Crippen LogP contribution in [0.2, 0.25) is 0 Å². The number of carbonyl (C=O) groups is 2. The van der Waals surface area contributed by atoms with Crippen molar-refractivity contribution in [3.05, 3.63) is 35.9 Å². The molecular formula is C13H18N2O3. The molecule has 0 unspecified atom stereocenters. The number of nitrogens with two attached hydrogens (primary N) is 1. The summed E-state index contributed by atoms with van der Waals surface area (Å²) < 4.78 is 0. The average molecular weight is 250 g/mol. The summed E-state index contributed by atoms with van der Waals surface area (Å²) in [6.07, 6.45) is 0.330. The number of carbonyl (C=O) groups excluding carboxylic acids is 1. The van der Waals surface area contributed by atoms with Crippen molar-refractivity contribution in [2.45, 2.75) is 31.8 Å². The number of amides is 1. The van der Waals surface area contributed by atoms with E-state index in [-0.39, 0.29) is 12.5 Å². The molecule has 5 heteroatoms. The van der Waals surface area contributed by atoms with Gasteiger partial charge in [-0.05, 0) is 18.9 Å². The van der Waals surface area contributed by atoms with Gasteiger partial charge in [-0.3, -0.25) is 9.59 Å². The van der Waals surface area contributed by atoms with Crippen molar-refractivity contribution >= 4 is 11.9 Å². The van der Waals surface area contributed by atoms with E-state index in [4.69, 9.17) is 10.8 Å². The molecule has 0 aliphatic carbocycles. The van der Waals surface area contributed by atoms with E-state index in [0.717, 1.165) is 5.56 Å². The first-order valence-electron chi connectivity index (χ1n) is 5.80. The Morgan fingerprint density at radius 1 is 1.33 bits per heavy atom. The van der Waals surface area contributed by atoms with E-state index < -0.39 is 17.9 Å². The van der Waals surface area contributed by atoms with E-state index in [1.54, 1.807) is 0 Å². The highest BCUT2D eigenvalue weighted by Crippen LogP contribution is 2.03. The number of aliphatic carboxylic acids is 1. The van der Waals surface area contributed by atoms with Crippen LogP contribution in [0.4, 0.5) is 0 Å². The lowest BCUT2D eigenvalue weighted by Gasteiger charge is -2.16. The SMILES string of the molecule is C[C@@H](Cc1ccccc1)NC(=O)[C@@H](N)CC(=O)O. The monoisotopic (exact) mass is 250 g/mol. The summed E-state index contributed by atoms with van der Waals surface area (Å²) >= 11 is 0. The van der Waals surface area contributed by atoms with Crippen molar-refractivity contribution < 1.29 is 14.7 Å². The third kappa shape index (κ3) is 4.97. The summed E-state index contributed by atoms with van der Waals surface area (Å²) in [5.41, 5.74) is 6.58. The second-order valence-corrected chi connectivity index (χ2v) is 4.30. The smallest absolute Gasteiger partial charge is 0.305 e. The predicted molar refractivity (Wildman–Crippen MR) is 68.0 cm³/mol. The van der Waals surface area contributed by atoms with Gasteiger partial charge in [-0.25, -0.2) is 0 Å². The zero-order valence-electron chi connectivity index (χ0n) is 10.3. The van der Waals surface area contributed by atoms with E-state index in [1.807, 2.05) is 37.3 Å². The molecule has 4 N–H and O–H groups in total. The van der Waals surface area contributed by atoms with E-state index in [0.29, 0.717) is 6.42 Å². The number of rotatable bonds is 6. The minimum absolute atomic E-state index is 0.0836. The van der Waals surface area contributed by atoms with Crippen molar-refractivity contribution in [1.29, 1.82) is 0 Å². The molecule has 1 aromatic carbocycles. The molecule has 18 heavy (non-hydrogen) atoms. The maximum atomic E-state index is 11.6. The molecular weight excluding hydrogens is 232 g/mol. The molecule has 2 atom stereocenters. The van der Waals surface area contributed by atoms with E-state index in [1.165, 1.54) is 0 Å². The van der Waals surface area contributed by atoms with Gasteiger partial charge in [0.15, 0.2) is 0 Å². The van der Waals surface area contributed by atoms with Crippen LogP contribution in [-0.2, 0) is 16.0 Å². The molecule has 1 rings (SSSR count). The Morgan fingerprint density at radius 3 is 2.50 bits per heavy atom. The summed E-state index contributed by atoms with van der Waals surface area (Å²) in [6, 6.07) is 8.65. The minimum Gasteiger partial charge on any atom is -0.481 e. The van der Waals surface area contributed by atoms with Crippen molar-refractivity contribution in [3.63, 3.8) is 0 Å². The summed E-state index contributed by atoms with van der Waals surface area (Å²) in [5, 5.41) is 11.2. The van der Waals surface area contributed by atoms with Gasteiger partial charge in [0.25, 0.3) is 0 Å². The lowest BCUT2D eigenvalue weighted by molar-refractivity contribution is -0.139. The fourth-order valence-electron chi connectivity index (χ4n) is 1.65. The minimum atomic E-state index is -1.08. The van der Waals surface area contributed by atoms with Crippen molar-refractivity contribution in [1.82, 2.24) is 5.32 Å². The lowest BCUT2D eigenvalue weighted by atomic mass is 10.1. The standard InChI is InChI=1S/C13H18N2O3/c1-9(7-10-5-3-2-4-6-10)15-13(18)11(14)8-12(16)17/h2-6,9,11H,7-8,14H2,1H3,(H,15,18)(H,16,17)/t9-,11-/m0/s1. The Bertz CT molecular complexity index is 406. The molecule has 0 aromatic heterocycles. The first-order chi connectivity index (χ1) is 8.49. The number of carboxylic acids is 1. The van der Waals surface area contributed by atoms with Crippen LogP contribution in [0.1, 0.15) is 18.9 Å². The zero-order valence-corrected chi connectivity index (χ0v) is 10.3. The third-order valence-electron chi connectivity index (χ3n) is 2.50. The van der Waals surface area contributed by atoms with E-state index in [2.05, 4.69) is 5.32 Å². The maximum Gasteiger partial charge on any atom is 0.305 e. The largest absolute Gasteiger partial charge is 0.481 e. The van der Waals surface area contributed by atoms with Gasteiger partial charge in [-0.2, -0.15) is 0 Å². The number of nitrogens with one attached hydrogen (secondary N) is 1. The van der Waals surface area contributed by atoms with Crippen molar-refractivity contribution in [2.24, 2.45) is 5.73 Å². The van der Waals surface area contributed by atoms with Crippen molar-refractivity contribution in [3.8, 4) is 0 Å². The number of benzene rings is 1. The summed E-state index contributed by atoms with van der Waals surface area (Å²) in [4.78, 5) is 22.0.